The van der Waals surface area contributed by atoms with Crippen LogP contribution < -0.4 is 0 Å². The SMILES string of the molecule is CCCCCCCc1cc(S(=O)(=O)c2ccccc2)c(C)c(C(=O)OC)c1O. The molecule has 0 aliphatic rings. The Kier molecular flexibility index (Phi) is 7.63. The molecule has 152 valence electrons. The van der Waals surface area contributed by atoms with Gasteiger partial charge in [0.2, 0.25) is 9.84 Å². The highest BCUT2D eigenvalue weighted by Gasteiger charge is 2.28. The van der Waals surface area contributed by atoms with Gasteiger partial charge in [-0.15, -0.1) is 0 Å². The number of phenols is 1. The van der Waals surface area contributed by atoms with E-state index < -0.39 is 15.8 Å². The number of hydrogen-bond donors (Lipinski definition) is 1. The molecule has 0 aromatic heterocycles. The summed E-state index contributed by atoms with van der Waals surface area (Å²) in [6.07, 6.45) is 5.64. The number of aryl methyl sites for hydroxylation is 1. The first-order chi connectivity index (χ1) is 13.3. The van der Waals surface area contributed by atoms with Gasteiger partial charge in [-0.2, -0.15) is 0 Å². The van der Waals surface area contributed by atoms with Crippen molar-refractivity contribution in [3.63, 3.8) is 0 Å². The zero-order valence-corrected chi connectivity index (χ0v) is 17.5. The summed E-state index contributed by atoms with van der Waals surface area (Å²) in [6.45, 7) is 3.65. The first kappa shape index (κ1) is 22.0. The van der Waals surface area contributed by atoms with Gasteiger partial charge in [0.1, 0.15) is 11.3 Å². The number of ether oxygens (including phenoxy) is 1. The zero-order valence-electron chi connectivity index (χ0n) is 16.7. The van der Waals surface area contributed by atoms with E-state index in [-0.39, 0.29) is 26.7 Å². The molecule has 0 bridgehead atoms. The number of esters is 1. The van der Waals surface area contributed by atoms with E-state index in [1.54, 1.807) is 18.2 Å². The van der Waals surface area contributed by atoms with Crippen LogP contribution in [0.2, 0.25) is 0 Å². The van der Waals surface area contributed by atoms with Crippen LogP contribution in [0.1, 0.15) is 60.5 Å². The van der Waals surface area contributed by atoms with E-state index in [9.17, 15) is 18.3 Å². The molecular weight excluding hydrogens is 376 g/mol. The maximum absolute atomic E-state index is 13.2. The van der Waals surface area contributed by atoms with E-state index in [2.05, 4.69) is 6.92 Å². The summed E-state index contributed by atoms with van der Waals surface area (Å²) in [6, 6.07) is 9.58. The second kappa shape index (κ2) is 9.73. The van der Waals surface area contributed by atoms with Crippen molar-refractivity contribution in [1.82, 2.24) is 0 Å². The van der Waals surface area contributed by atoms with Crippen LogP contribution in [0, 0.1) is 6.92 Å². The normalized spacial score (nSPS) is 11.4. The Balaban J connectivity index is 2.53. The van der Waals surface area contributed by atoms with Crippen molar-refractivity contribution in [2.24, 2.45) is 0 Å². The average molecular weight is 405 g/mol. The Hall–Kier alpha value is -2.34. The summed E-state index contributed by atoms with van der Waals surface area (Å²) < 4.78 is 31.1. The largest absolute Gasteiger partial charge is 0.507 e. The van der Waals surface area contributed by atoms with Crippen LogP contribution in [-0.2, 0) is 21.0 Å². The smallest absolute Gasteiger partial charge is 0.341 e. The third-order valence-electron chi connectivity index (χ3n) is 4.87. The van der Waals surface area contributed by atoms with Crippen molar-refractivity contribution in [2.45, 2.75) is 62.2 Å². The van der Waals surface area contributed by atoms with Gasteiger partial charge in [-0.05, 0) is 49.1 Å². The number of carbonyl (C=O) groups excluding carboxylic acids is 1. The van der Waals surface area contributed by atoms with Gasteiger partial charge < -0.3 is 9.84 Å². The fraction of sp³-hybridized carbons (Fsp3) is 0.409. The van der Waals surface area contributed by atoms with Crippen LogP contribution in [0.15, 0.2) is 46.2 Å². The van der Waals surface area contributed by atoms with E-state index in [4.69, 9.17) is 4.74 Å². The van der Waals surface area contributed by atoms with Gasteiger partial charge in [0.15, 0.2) is 0 Å². The standard InChI is InChI=1S/C22H28O5S/c1-4-5-6-7-9-12-17-15-19(16(2)20(21(17)23)22(24)27-3)28(25,26)18-13-10-8-11-14-18/h8,10-11,13-15,23H,4-7,9,12H2,1-3H3. The van der Waals surface area contributed by atoms with Crippen molar-refractivity contribution in [3.05, 3.63) is 53.1 Å². The average Bonchev–Trinajstić information content (AvgIpc) is 2.69. The number of aromatic hydroxyl groups is 1. The second-order valence-electron chi connectivity index (χ2n) is 6.85. The fourth-order valence-electron chi connectivity index (χ4n) is 3.26. The predicted octanol–water partition coefficient (Wildman–Crippen LogP) is 4.83. The third kappa shape index (κ3) is 4.73. The number of phenolic OH excluding ortho intramolecular Hbond substituents is 1. The summed E-state index contributed by atoms with van der Waals surface area (Å²) in [5.74, 6) is -0.931. The summed E-state index contributed by atoms with van der Waals surface area (Å²) in [5.41, 5.74) is 0.572. The maximum atomic E-state index is 13.2. The molecule has 0 aliphatic carbocycles. The Bertz CT molecular complexity index is 918. The van der Waals surface area contributed by atoms with Crippen LogP contribution in [0.25, 0.3) is 0 Å². The van der Waals surface area contributed by atoms with Gasteiger partial charge in [-0.25, -0.2) is 13.2 Å². The number of hydrogen-bond acceptors (Lipinski definition) is 5. The molecule has 0 amide bonds. The first-order valence-corrected chi connectivity index (χ1v) is 11.1. The minimum absolute atomic E-state index is 0.0282. The summed E-state index contributed by atoms with van der Waals surface area (Å²) >= 11 is 0. The minimum atomic E-state index is -3.83. The highest BCUT2D eigenvalue weighted by Crippen LogP contribution is 2.35. The van der Waals surface area contributed by atoms with Crippen LogP contribution in [0.3, 0.4) is 0 Å². The Labute approximate surface area is 167 Å². The lowest BCUT2D eigenvalue weighted by Crippen LogP contribution is -2.12. The van der Waals surface area contributed by atoms with Crippen molar-refractivity contribution >= 4 is 15.8 Å². The lowest BCUT2D eigenvalue weighted by Gasteiger charge is -2.16. The lowest BCUT2D eigenvalue weighted by molar-refractivity contribution is 0.0596. The molecule has 2 aromatic carbocycles. The first-order valence-electron chi connectivity index (χ1n) is 9.58. The number of sulfone groups is 1. The molecule has 6 heteroatoms. The Morgan fingerprint density at radius 3 is 2.32 bits per heavy atom. The van der Waals surface area contributed by atoms with Crippen molar-refractivity contribution in [2.75, 3.05) is 7.11 Å². The van der Waals surface area contributed by atoms with E-state index in [0.717, 1.165) is 32.1 Å². The molecule has 2 aromatic rings. The van der Waals surface area contributed by atoms with Crippen LogP contribution in [-0.4, -0.2) is 26.6 Å². The summed E-state index contributed by atoms with van der Waals surface area (Å²) in [4.78, 5) is 12.4. The molecule has 0 aliphatic heterocycles. The molecule has 28 heavy (non-hydrogen) atoms. The monoisotopic (exact) mass is 404 g/mol. The Morgan fingerprint density at radius 1 is 1.07 bits per heavy atom. The highest BCUT2D eigenvalue weighted by atomic mass is 32.2. The van der Waals surface area contributed by atoms with Gasteiger partial charge in [0, 0.05) is 0 Å². The molecule has 2 rings (SSSR count). The molecule has 0 fully saturated rings. The Morgan fingerprint density at radius 2 is 1.71 bits per heavy atom. The van der Waals surface area contributed by atoms with Crippen molar-refractivity contribution in [3.8, 4) is 5.75 Å². The molecule has 0 radical (unpaired) electrons. The fourth-order valence-corrected chi connectivity index (χ4v) is 4.84. The summed E-state index contributed by atoms with van der Waals surface area (Å²) in [5, 5.41) is 10.6. The molecule has 0 spiro atoms. The molecule has 5 nitrogen and oxygen atoms in total. The molecule has 0 atom stereocenters. The minimum Gasteiger partial charge on any atom is -0.507 e. The molecule has 1 N–H and O–H groups in total. The van der Waals surface area contributed by atoms with Crippen LogP contribution in [0.5, 0.6) is 5.75 Å². The summed E-state index contributed by atoms with van der Waals surface area (Å²) in [7, 11) is -2.62. The lowest BCUT2D eigenvalue weighted by atomic mass is 9.98. The van der Waals surface area contributed by atoms with Crippen molar-refractivity contribution < 1.29 is 23.1 Å². The third-order valence-corrected chi connectivity index (χ3v) is 6.77. The molecule has 0 heterocycles. The van der Waals surface area contributed by atoms with Gasteiger partial charge >= 0.3 is 5.97 Å². The zero-order chi connectivity index (χ0) is 20.7. The van der Waals surface area contributed by atoms with E-state index in [1.807, 2.05) is 0 Å². The number of methoxy groups -OCH3 is 1. The van der Waals surface area contributed by atoms with Crippen molar-refractivity contribution in [1.29, 1.82) is 0 Å². The van der Waals surface area contributed by atoms with E-state index in [1.165, 1.54) is 32.2 Å². The van der Waals surface area contributed by atoms with Gasteiger partial charge in [-0.1, -0.05) is 50.8 Å². The quantitative estimate of drug-likeness (QED) is 0.478. The predicted molar refractivity (Wildman–Crippen MR) is 109 cm³/mol. The topological polar surface area (TPSA) is 80.7 Å². The molecule has 0 saturated heterocycles. The number of benzene rings is 2. The van der Waals surface area contributed by atoms with E-state index >= 15 is 0 Å². The van der Waals surface area contributed by atoms with Gasteiger partial charge in [0.05, 0.1) is 16.9 Å². The van der Waals surface area contributed by atoms with Gasteiger partial charge in [0.25, 0.3) is 0 Å². The van der Waals surface area contributed by atoms with Crippen LogP contribution in [0.4, 0.5) is 0 Å². The molecular formula is C22H28O5S. The van der Waals surface area contributed by atoms with Gasteiger partial charge in [-0.3, -0.25) is 0 Å². The highest BCUT2D eigenvalue weighted by molar-refractivity contribution is 7.91. The number of carbonyl (C=O) groups is 1. The molecule has 0 saturated carbocycles. The van der Waals surface area contributed by atoms with Crippen LogP contribution >= 0.6 is 0 Å². The van der Waals surface area contributed by atoms with E-state index in [0.29, 0.717) is 12.0 Å². The molecule has 0 unspecified atom stereocenters. The number of unbranched alkanes of at least 4 members (excludes halogenated alkanes) is 4. The second-order valence-corrected chi connectivity index (χ2v) is 8.77. The maximum Gasteiger partial charge on any atom is 0.341 e. The number of rotatable bonds is 9.